The van der Waals surface area contributed by atoms with Crippen LogP contribution in [-0.2, 0) is 6.42 Å². The van der Waals surface area contributed by atoms with Crippen molar-refractivity contribution in [2.45, 2.75) is 33.1 Å². The molecule has 0 aliphatic heterocycles. The van der Waals surface area contributed by atoms with Crippen LogP contribution in [0, 0.1) is 13.8 Å². The molecule has 92 valence electrons. The van der Waals surface area contributed by atoms with E-state index in [0.29, 0.717) is 6.42 Å². The van der Waals surface area contributed by atoms with Crippen LogP contribution < -0.4 is 0 Å². The summed E-state index contributed by atoms with van der Waals surface area (Å²) in [5.41, 5.74) is 4.32. The Kier molecular flexibility index (Phi) is 2.54. The SMILES string of the molecule is Cc1c2c(n(-c3ccccn3)c1C)CCCC2=O. The Labute approximate surface area is 106 Å². The van der Waals surface area contributed by atoms with Crippen LogP contribution in [0.25, 0.3) is 5.82 Å². The topological polar surface area (TPSA) is 34.9 Å². The smallest absolute Gasteiger partial charge is 0.164 e. The normalized spacial score (nSPS) is 14.7. The van der Waals surface area contributed by atoms with Crippen LogP contribution in [0.2, 0.25) is 0 Å². The van der Waals surface area contributed by atoms with Gasteiger partial charge < -0.3 is 4.57 Å². The molecular weight excluding hydrogens is 224 g/mol. The van der Waals surface area contributed by atoms with E-state index in [9.17, 15) is 4.79 Å². The lowest BCUT2D eigenvalue weighted by Crippen LogP contribution is -2.13. The van der Waals surface area contributed by atoms with E-state index in [1.165, 1.54) is 0 Å². The largest absolute Gasteiger partial charge is 0.302 e. The number of nitrogens with zero attached hydrogens (tertiary/aromatic N) is 2. The first-order valence-corrected chi connectivity index (χ1v) is 6.35. The number of hydrogen-bond donors (Lipinski definition) is 0. The van der Waals surface area contributed by atoms with Gasteiger partial charge in [0.25, 0.3) is 0 Å². The lowest BCUT2D eigenvalue weighted by Gasteiger charge is -2.15. The zero-order chi connectivity index (χ0) is 12.7. The van der Waals surface area contributed by atoms with Crippen molar-refractivity contribution in [3.05, 3.63) is 46.9 Å². The molecule has 0 bridgehead atoms. The second-order valence-corrected chi connectivity index (χ2v) is 4.83. The predicted molar refractivity (Wildman–Crippen MR) is 70.3 cm³/mol. The third kappa shape index (κ3) is 1.50. The lowest BCUT2D eigenvalue weighted by atomic mass is 9.94. The fraction of sp³-hybridized carbons (Fsp3) is 0.333. The minimum atomic E-state index is 0.284. The molecule has 0 aromatic carbocycles. The minimum Gasteiger partial charge on any atom is -0.302 e. The van der Waals surface area contributed by atoms with Crippen LogP contribution in [0.1, 0.15) is 40.2 Å². The molecule has 0 spiro atoms. The third-order valence-corrected chi connectivity index (χ3v) is 3.79. The van der Waals surface area contributed by atoms with Crippen molar-refractivity contribution in [1.82, 2.24) is 9.55 Å². The van der Waals surface area contributed by atoms with Gasteiger partial charge in [-0.05, 0) is 44.4 Å². The number of carbonyl (C=O) groups excluding carboxylic acids is 1. The van der Waals surface area contributed by atoms with Crippen molar-refractivity contribution >= 4 is 5.78 Å². The maximum Gasteiger partial charge on any atom is 0.164 e. The second-order valence-electron chi connectivity index (χ2n) is 4.83. The first kappa shape index (κ1) is 11.2. The van der Waals surface area contributed by atoms with Gasteiger partial charge >= 0.3 is 0 Å². The van der Waals surface area contributed by atoms with Crippen LogP contribution in [0.15, 0.2) is 24.4 Å². The van der Waals surface area contributed by atoms with Gasteiger partial charge in [-0.15, -0.1) is 0 Å². The average Bonchev–Trinajstić information content (AvgIpc) is 2.64. The van der Waals surface area contributed by atoms with Crippen LogP contribution in [0.3, 0.4) is 0 Å². The maximum atomic E-state index is 12.1. The molecule has 0 radical (unpaired) electrons. The molecule has 3 heteroatoms. The van der Waals surface area contributed by atoms with Gasteiger partial charge in [-0.1, -0.05) is 6.07 Å². The maximum absolute atomic E-state index is 12.1. The summed E-state index contributed by atoms with van der Waals surface area (Å²) < 4.78 is 2.14. The van der Waals surface area contributed by atoms with Crippen molar-refractivity contribution in [3.8, 4) is 5.82 Å². The molecule has 2 aromatic heterocycles. The Morgan fingerprint density at radius 3 is 2.78 bits per heavy atom. The van der Waals surface area contributed by atoms with E-state index in [0.717, 1.165) is 41.2 Å². The molecule has 0 fully saturated rings. The lowest BCUT2D eigenvalue weighted by molar-refractivity contribution is 0.0971. The van der Waals surface area contributed by atoms with E-state index in [-0.39, 0.29) is 5.78 Å². The summed E-state index contributed by atoms with van der Waals surface area (Å²) in [5.74, 6) is 1.19. The first-order valence-electron chi connectivity index (χ1n) is 6.35. The number of hydrogen-bond acceptors (Lipinski definition) is 2. The molecule has 0 unspecified atom stereocenters. The Balaban J connectivity index is 2.28. The van der Waals surface area contributed by atoms with Crippen molar-refractivity contribution in [3.63, 3.8) is 0 Å². The molecule has 1 aliphatic carbocycles. The number of Topliss-reactive ketones (excluding diaryl/α,β-unsaturated/α-hetero) is 1. The fourth-order valence-electron chi connectivity index (χ4n) is 2.82. The van der Waals surface area contributed by atoms with Crippen LogP contribution >= 0.6 is 0 Å². The van der Waals surface area contributed by atoms with Gasteiger partial charge in [0.05, 0.1) is 0 Å². The van der Waals surface area contributed by atoms with E-state index < -0.39 is 0 Å². The molecule has 3 nitrogen and oxygen atoms in total. The van der Waals surface area contributed by atoms with Crippen LogP contribution in [-0.4, -0.2) is 15.3 Å². The van der Waals surface area contributed by atoms with Gasteiger partial charge in [0.2, 0.25) is 0 Å². The predicted octanol–water partition coefficient (Wildman–Crippen LogP) is 3.01. The van der Waals surface area contributed by atoms with Crippen molar-refractivity contribution in [2.24, 2.45) is 0 Å². The van der Waals surface area contributed by atoms with Crippen LogP contribution in [0.5, 0.6) is 0 Å². The van der Waals surface area contributed by atoms with Crippen molar-refractivity contribution in [1.29, 1.82) is 0 Å². The number of ketones is 1. The summed E-state index contributed by atoms with van der Waals surface area (Å²) in [5, 5.41) is 0. The van der Waals surface area contributed by atoms with Gasteiger partial charge in [0.1, 0.15) is 5.82 Å². The van der Waals surface area contributed by atoms with Gasteiger partial charge in [-0.3, -0.25) is 4.79 Å². The van der Waals surface area contributed by atoms with E-state index in [2.05, 4.69) is 16.5 Å². The zero-order valence-electron chi connectivity index (χ0n) is 10.7. The molecule has 0 amide bonds. The highest BCUT2D eigenvalue weighted by Crippen LogP contribution is 2.31. The molecule has 0 N–H and O–H groups in total. The Morgan fingerprint density at radius 1 is 1.22 bits per heavy atom. The summed E-state index contributed by atoms with van der Waals surface area (Å²) in [4.78, 5) is 16.5. The molecule has 2 heterocycles. The van der Waals surface area contributed by atoms with E-state index in [1.807, 2.05) is 25.1 Å². The average molecular weight is 240 g/mol. The molecule has 2 aromatic rings. The number of rotatable bonds is 1. The van der Waals surface area contributed by atoms with Gasteiger partial charge in [0, 0.05) is 29.6 Å². The highest BCUT2D eigenvalue weighted by molar-refractivity contribution is 6.00. The van der Waals surface area contributed by atoms with Gasteiger partial charge in [0.15, 0.2) is 5.78 Å². The number of pyridine rings is 1. The van der Waals surface area contributed by atoms with Crippen LogP contribution in [0.4, 0.5) is 0 Å². The zero-order valence-corrected chi connectivity index (χ0v) is 10.7. The van der Waals surface area contributed by atoms with Crippen molar-refractivity contribution in [2.75, 3.05) is 0 Å². The van der Waals surface area contributed by atoms with E-state index >= 15 is 0 Å². The molecule has 18 heavy (non-hydrogen) atoms. The minimum absolute atomic E-state index is 0.284. The molecule has 0 saturated carbocycles. The standard InChI is InChI=1S/C15H16N2O/c1-10-11(2)17(14-8-3-4-9-16-14)12-6-5-7-13(18)15(10)12/h3-4,8-9H,5-7H2,1-2H3. The third-order valence-electron chi connectivity index (χ3n) is 3.79. The monoisotopic (exact) mass is 240 g/mol. The Morgan fingerprint density at radius 2 is 2.06 bits per heavy atom. The molecule has 3 rings (SSSR count). The molecule has 0 atom stereocenters. The molecule has 1 aliphatic rings. The fourth-order valence-corrected chi connectivity index (χ4v) is 2.82. The number of aromatic nitrogens is 2. The number of fused-ring (bicyclic) bond motifs is 1. The summed E-state index contributed by atoms with van der Waals surface area (Å²) in [6, 6.07) is 5.88. The molecule has 0 saturated heterocycles. The summed E-state index contributed by atoms with van der Waals surface area (Å²) in [7, 11) is 0. The Bertz CT molecular complexity index is 611. The summed E-state index contributed by atoms with van der Waals surface area (Å²) >= 11 is 0. The van der Waals surface area contributed by atoms with Gasteiger partial charge in [-0.25, -0.2) is 4.98 Å². The quantitative estimate of drug-likeness (QED) is 0.768. The number of carbonyl (C=O) groups is 1. The summed E-state index contributed by atoms with van der Waals surface area (Å²) in [6.45, 7) is 4.10. The summed E-state index contributed by atoms with van der Waals surface area (Å²) in [6.07, 6.45) is 4.38. The highest BCUT2D eigenvalue weighted by Gasteiger charge is 2.26. The van der Waals surface area contributed by atoms with E-state index in [4.69, 9.17) is 0 Å². The first-order chi connectivity index (χ1) is 8.70. The molecular formula is C15H16N2O. The van der Waals surface area contributed by atoms with E-state index in [1.54, 1.807) is 6.20 Å². The van der Waals surface area contributed by atoms with Gasteiger partial charge in [-0.2, -0.15) is 0 Å². The Hall–Kier alpha value is -1.90. The van der Waals surface area contributed by atoms with Crippen molar-refractivity contribution < 1.29 is 4.79 Å². The highest BCUT2D eigenvalue weighted by atomic mass is 16.1. The second kappa shape index (κ2) is 4.09.